The summed E-state index contributed by atoms with van der Waals surface area (Å²) in [7, 11) is 0. The number of nitrogens with one attached hydrogen (secondary N) is 1. The van der Waals surface area contributed by atoms with Crippen LogP contribution in [0.2, 0.25) is 0 Å². The first kappa shape index (κ1) is 34.0. The fraction of sp³-hybridized carbons (Fsp3) is 0.560. The third-order valence-corrected chi connectivity index (χ3v) is 6.56. The van der Waals surface area contributed by atoms with Gasteiger partial charge in [-0.05, 0) is 19.1 Å². The van der Waals surface area contributed by atoms with Crippen LogP contribution in [0.5, 0.6) is 5.75 Å². The van der Waals surface area contributed by atoms with Crippen LogP contribution in [0.15, 0.2) is 24.3 Å². The van der Waals surface area contributed by atoms with Gasteiger partial charge in [-0.25, -0.2) is 4.79 Å². The third kappa shape index (κ3) is 12.5. The molecule has 1 fully saturated rings. The monoisotopic (exact) mass is 596 g/mol. The van der Waals surface area contributed by atoms with Crippen molar-refractivity contribution in [3.8, 4) is 5.75 Å². The summed E-state index contributed by atoms with van der Waals surface area (Å²) in [6, 6.07) is 4.06. The summed E-state index contributed by atoms with van der Waals surface area (Å²) in [5.41, 5.74) is -0.176. The van der Waals surface area contributed by atoms with Crippen molar-refractivity contribution in [3.63, 3.8) is 0 Å². The normalized spacial score (nSPS) is 17.3. The second-order valence-electron chi connectivity index (χ2n) is 9.66. The van der Waals surface area contributed by atoms with Gasteiger partial charge in [0.1, 0.15) is 12.3 Å². The van der Waals surface area contributed by atoms with Gasteiger partial charge in [0.15, 0.2) is 0 Å². The van der Waals surface area contributed by atoms with Gasteiger partial charge in [0, 0.05) is 64.5 Å². The number of hydrogen-bond acceptors (Lipinski definition) is 12. The lowest BCUT2D eigenvalue weighted by Crippen LogP contribution is -2.53. The minimum atomic E-state index is -1.07. The molecule has 0 spiro atoms. The van der Waals surface area contributed by atoms with Crippen LogP contribution in [0.25, 0.3) is 0 Å². The van der Waals surface area contributed by atoms with Crippen molar-refractivity contribution in [2.24, 2.45) is 0 Å². The molecule has 17 nitrogen and oxygen atoms in total. The second kappa shape index (κ2) is 16.9. The van der Waals surface area contributed by atoms with Gasteiger partial charge in [-0.1, -0.05) is 0 Å². The Labute approximate surface area is 241 Å². The molecule has 2 rings (SSSR count). The number of nitro benzene ring substituents is 1. The van der Waals surface area contributed by atoms with E-state index < -0.39 is 47.3 Å². The number of carboxylic acid groups (broad SMARTS) is 3. The number of carboxylic acids is 3. The van der Waals surface area contributed by atoms with Gasteiger partial charge in [0.25, 0.3) is 5.69 Å². The van der Waals surface area contributed by atoms with E-state index in [1.165, 1.54) is 24.3 Å². The molecular weight excluding hydrogens is 560 g/mol. The highest BCUT2D eigenvalue weighted by Crippen LogP contribution is 2.17. The van der Waals surface area contributed by atoms with Crippen molar-refractivity contribution in [2.45, 2.75) is 13.0 Å². The van der Waals surface area contributed by atoms with Gasteiger partial charge >= 0.3 is 23.9 Å². The summed E-state index contributed by atoms with van der Waals surface area (Å²) in [5, 5.41) is 41.2. The summed E-state index contributed by atoms with van der Waals surface area (Å²) >= 11 is 0. The highest BCUT2D eigenvalue weighted by Gasteiger charge is 2.25. The van der Waals surface area contributed by atoms with Gasteiger partial charge in [-0.2, -0.15) is 0 Å². The number of hydrogen-bond donors (Lipinski definition) is 4. The molecule has 0 bridgehead atoms. The van der Waals surface area contributed by atoms with Crippen molar-refractivity contribution in [1.29, 1.82) is 0 Å². The quantitative estimate of drug-likeness (QED) is 0.0930. The van der Waals surface area contributed by atoms with Crippen LogP contribution in [-0.2, 0) is 24.0 Å². The summed E-state index contributed by atoms with van der Waals surface area (Å²) in [6.07, 6.45) is 0. The second-order valence-corrected chi connectivity index (χ2v) is 9.66. The number of carbonyl (C=O) groups excluding carboxylic acids is 2. The maximum atomic E-state index is 12.9. The van der Waals surface area contributed by atoms with Crippen LogP contribution < -0.4 is 10.1 Å². The molecule has 1 aromatic carbocycles. The minimum absolute atomic E-state index is 0.0647. The van der Waals surface area contributed by atoms with E-state index in [4.69, 9.17) is 4.74 Å². The Balaban J connectivity index is 2.07. The molecular formula is C25H36N6O11. The number of rotatable bonds is 12. The molecule has 0 saturated carbocycles. The average Bonchev–Trinajstić information content (AvgIpc) is 2.90. The van der Waals surface area contributed by atoms with Gasteiger partial charge < -0.3 is 25.4 Å². The zero-order chi connectivity index (χ0) is 31.2. The van der Waals surface area contributed by atoms with Crippen LogP contribution >= 0.6 is 0 Å². The molecule has 1 amide bonds. The lowest BCUT2D eigenvalue weighted by molar-refractivity contribution is -0.384. The molecule has 4 N–H and O–H groups in total. The molecule has 1 unspecified atom stereocenters. The summed E-state index contributed by atoms with van der Waals surface area (Å²) in [4.78, 5) is 76.1. The molecule has 17 heteroatoms. The largest absolute Gasteiger partial charge is 0.480 e. The molecule has 1 aliphatic heterocycles. The number of carbonyl (C=O) groups is 5. The van der Waals surface area contributed by atoms with Crippen LogP contribution in [0.3, 0.4) is 0 Å². The summed E-state index contributed by atoms with van der Waals surface area (Å²) in [5.74, 6) is -4.45. The SMILES string of the molecule is CC(C(=O)NCC(=O)Oc1ccc([N+](=O)[O-])cc1)N1CCN(CC(=O)O)CCN(CC(=O)O)CCN(CC(=O)O)CC1. The Kier molecular flexibility index (Phi) is 13.7. The smallest absolute Gasteiger partial charge is 0.330 e. The zero-order valence-electron chi connectivity index (χ0n) is 23.2. The van der Waals surface area contributed by atoms with E-state index >= 15 is 0 Å². The molecule has 0 radical (unpaired) electrons. The van der Waals surface area contributed by atoms with E-state index in [0.717, 1.165) is 0 Å². The highest BCUT2D eigenvalue weighted by atomic mass is 16.6. The molecule has 1 aliphatic rings. The molecule has 1 atom stereocenters. The number of benzene rings is 1. The molecule has 1 heterocycles. The van der Waals surface area contributed by atoms with Crippen molar-refractivity contribution in [1.82, 2.24) is 24.9 Å². The van der Waals surface area contributed by atoms with Crippen LogP contribution in [0.4, 0.5) is 5.69 Å². The third-order valence-electron chi connectivity index (χ3n) is 6.56. The molecule has 42 heavy (non-hydrogen) atoms. The molecule has 1 aromatic rings. The van der Waals surface area contributed by atoms with Crippen LogP contribution in [-0.4, -0.2) is 154 Å². The van der Waals surface area contributed by atoms with E-state index in [-0.39, 0.29) is 83.4 Å². The number of esters is 1. The number of amides is 1. The lowest BCUT2D eigenvalue weighted by atomic mass is 10.2. The molecule has 0 aliphatic carbocycles. The van der Waals surface area contributed by atoms with Gasteiger partial charge in [-0.15, -0.1) is 0 Å². The number of non-ortho nitro benzene ring substituents is 1. The van der Waals surface area contributed by atoms with Crippen molar-refractivity contribution >= 4 is 35.5 Å². The van der Waals surface area contributed by atoms with E-state index in [1.807, 2.05) is 0 Å². The van der Waals surface area contributed by atoms with Gasteiger partial charge in [0.05, 0.1) is 30.6 Å². The first-order valence-electron chi connectivity index (χ1n) is 13.1. The summed E-state index contributed by atoms with van der Waals surface area (Å²) < 4.78 is 5.10. The van der Waals surface area contributed by atoms with E-state index in [0.29, 0.717) is 0 Å². The first-order valence-corrected chi connectivity index (χ1v) is 13.1. The number of aliphatic carboxylic acids is 3. The predicted molar refractivity (Wildman–Crippen MR) is 145 cm³/mol. The first-order chi connectivity index (χ1) is 19.8. The van der Waals surface area contributed by atoms with E-state index in [9.17, 15) is 49.4 Å². The predicted octanol–water partition coefficient (Wildman–Crippen LogP) is -1.52. The zero-order valence-corrected chi connectivity index (χ0v) is 23.2. The summed E-state index contributed by atoms with van der Waals surface area (Å²) in [6.45, 7) is 2.12. The Morgan fingerprint density at radius 3 is 1.60 bits per heavy atom. The van der Waals surface area contributed by atoms with Gasteiger partial charge in [0.2, 0.25) is 5.91 Å². The Morgan fingerprint density at radius 2 is 1.21 bits per heavy atom. The van der Waals surface area contributed by atoms with Crippen molar-refractivity contribution < 1.29 is 49.0 Å². The minimum Gasteiger partial charge on any atom is -0.480 e. The Morgan fingerprint density at radius 1 is 0.810 bits per heavy atom. The Hall–Kier alpha value is -4.19. The van der Waals surface area contributed by atoms with Crippen molar-refractivity contribution in [2.75, 3.05) is 78.5 Å². The maximum absolute atomic E-state index is 12.9. The lowest BCUT2D eigenvalue weighted by Gasteiger charge is -2.35. The fourth-order valence-corrected chi connectivity index (χ4v) is 4.26. The topological polar surface area (TPSA) is 223 Å². The molecule has 1 saturated heterocycles. The van der Waals surface area contributed by atoms with E-state index in [2.05, 4.69) is 5.32 Å². The average molecular weight is 597 g/mol. The van der Waals surface area contributed by atoms with E-state index in [1.54, 1.807) is 26.5 Å². The fourth-order valence-electron chi connectivity index (χ4n) is 4.26. The van der Waals surface area contributed by atoms with Crippen molar-refractivity contribution in [3.05, 3.63) is 34.4 Å². The van der Waals surface area contributed by atoms with Crippen LogP contribution in [0, 0.1) is 10.1 Å². The number of ether oxygens (including phenoxy) is 1. The number of nitrogens with zero attached hydrogens (tertiary/aromatic N) is 5. The standard InChI is InChI=1S/C25H36N6O11/c1-18(25(39)26-14-24(38)42-20-4-2-19(3-5-20)31(40)41)30-12-10-28(16-22(34)35)8-6-27(15-21(32)33)7-9-29(11-13-30)17-23(36)37/h2-5,18H,6-17H2,1H3,(H,26,39)(H,32,33)(H,34,35)(H,36,37). The maximum Gasteiger partial charge on any atom is 0.330 e. The molecule has 232 valence electrons. The molecule has 0 aromatic heterocycles. The van der Waals surface area contributed by atoms with Gasteiger partial charge in [-0.3, -0.25) is 48.9 Å². The highest BCUT2D eigenvalue weighted by molar-refractivity contribution is 5.86. The van der Waals surface area contributed by atoms with Crippen LogP contribution in [0.1, 0.15) is 6.92 Å². The Bertz CT molecular complexity index is 1080. The number of nitro groups is 1.